The summed E-state index contributed by atoms with van der Waals surface area (Å²) in [6.07, 6.45) is 4.77. The summed E-state index contributed by atoms with van der Waals surface area (Å²) >= 11 is 0. The lowest BCUT2D eigenvalue weighted by Crippen LogP contribution is -2.46. The summed E-state index contributed by atoms with van der Waals surface area (Å²) in [5, 5.41) is 3.68. The van der Waals surface area contributed by atoms with Crippen LogP contribution < -0.4 is 5.32 Å². The summed E-state index contributed by atoms with van der Waals surface area (Å²) < 4.78 is 0. The van der Waals surface area contributed by atoms with Gasteiger partial charge >= 0.3 is 0 Å². The van der Waals surface area contributed by atoms with E-state index in [0.717, 1.165) is 13.1 Å². The van der Waals surface area contributed by atoms with Crippen molar-refractivity contribution in [1.82, 2.24) is 10.2 Å². The van der Waals surface area contributed by atoms with E-state index in [1.54, 1.807) is 0 Å². The molecule has 18 heavy (non-hydrogen) atoms. The number of nitrogens with zero attached hydrogens (tertiary/aromatic N) is 1. The maximum atomic E-state index is 3.68. The van der Waals surface area contributed by atoms with Gasteiger partial charge in [0.25, 0.3) is 0 Å². The van der Waals surface area contributed by atoms with E-state index in [0.29, 0.717) is 6.04 Å². The van der Waals surface area contributed by atoms with Gasteiger partial charge in [-0.15, -0.1) is 0 Å². The minimum absolute atomic E-state index is 0.616. The van der Waals surface area contributed by atoms with E-state index in [9.17, 15) is 0 Å². The molecular formula is C16H22N2. The summed E-state index contributed by atoms with van der Waals surface area (Å²) in [4.78, 5) is 2.58. The van der Waals surface area contributed by atoms with Crippen molar-refractivity contribution in [1.29, 1.82) is 0 Å². The molecule has 2 aliphatic heterocycles. The topological polar surface area (TPSA) is 15.3 Å². The molecule has 1 unspecified atom stereocenters. The van der Waals surface area contributed by atoms with Crippen LogP contribution in [0, 0.1) is 0 Å². The Labute approximate surface area is 110 Å². The molecular weight excluding hydrogens is 220 g/mol. The van der Waals surface area contributed by atoms with Crippen LogP contribution in [0.5, 0.6) is 0 Å². The first-order chi connectivity index (χ1) is 8.81. The highest BCUT2D eigenvalue weighted by atomic mass is 15.2. The van der Waals surface area contributed by atoms with Gasteiger partial charge in [0.2, 0.25) is 0 Å². The third kappa shape index (κ3) is 2.65. The minimum atomic E-state index is 0.616. The smallest absolute Gasteiger partial charge is 0.0238 e. The molecule has 0 radical (unpaired) electrons. The Bertz CT molecular complexity index is 450. The van der Waals surface area contributed by atoms with E-state index < -0.39 is 0 Å². The molecule has 0 saturated carbocycles. The second kappa shape index (κ2) is 5.25. The highest BCUT2D eigenvalue weighted by Gasteiger charge is 2.20. The molecule has 0 bridgehead atoms. The largest absolute Gasteiger partial charge is 0.308 e. The Morgan fingerprint density at radius 2 is 2.11 bits per heavy atom. The number of nitrogens with one attached hydrogen (secondary N) is 1. The Balaban J connectivity index is 1.61. The molecule has 0 aliphatic carbocycles. The molecule has 0 fully saturated rings. The summed E-state index contributed by atoms with van der Waals surface area (Å²) in [5.41, 5.74) is 4.53. The second-order valence-corrected chi connectivity index (χ2v) is 5.62. The normalized spacial score (nSPS) is 24.5. The molecule has 1 N–H and O–H groups in total. The third-order valence-electron chi connectivity index (χ3n) is 4.06. The molecule has 2 heteroatoms. The minimum Gasteiger partial charge on any atom is -0.308 e. The van der Waals surface area contributed by atoms with Crippen LogP contribution in [0.2, 0.25) is 0 Å². The molecule has 96 valence electrons. The molecule has 2 aliphatic rings. The van der Waals surface area contributed by atoms with Crippen LogP contribution in [0.3, 0.4) is 0 Å². The molecule has 0 saturated heterocycles. The molecule has 0 spiro atoms. The highest BCUT2D eigenvalue weighted by Crippen LogP contribution is 2.18. The fraction of sp³-hybridized carbons (Fsp3) is 0.500. The van der Waals surface area contributed by atoms with Crippen molar-refractivity contribution < 1.29 is 0 Å². The molecule has 0 amide bonds. The monoisotopic (exact) mass is 242 g/mol. The number of fused-ring (bicyclic) bond motifs is 1. The molecule has 1 aromatic carbocycles. The van der Waals surface area contributed by atoms with E-state index in [2.05, 4.69) is 47.5 Å². The zero-order valence-electron chi connectivity index (χ0n) is 11.2. The van der Waals surface area contributed by atoms with Gasteiger partial charge in [-0.05, 0) is 30.9 Å². The molecule has 3 rings (SSSR count). The summed E-state index contributed by atoms with van der Waals surface area (Å²) in [7, 11) is 0. The van der Waals surface area contributed by atoms with Crippen molar-refractivity contribution in [2.24, 2.45) is 0 Å². The van der Waals surface area contributed by atoms with Gasteiger partial charge in [0.05, 0.1) is 0 Å². The Kier molecular flexibility index (Phi) is 3.48. The predicted molar refractivity (Wildman–Crippen MR) is 75.6 cm³/mol. The zero-order chi connectivity index (χ0) is 12.4. The lowest BCUT2D eigenvalue weighted by atomic mass is 9.95. The zero-order valence-corrected chi connectivity index (χ0v) is 11.2. The quantitative estimate of drug-likeness (QED) is 0.801. The lowest BCUT2D eigenvalue weighted by Gasteiger charge is -2.33. The first-order valence-electron chi connectivity index (χ1n) is 6.99. The van der Waals surface area contributed by atoms with Crippen molar-refractivity contribution in [3.63, 3.8) is 0 Å². The van der Waals surface area contributed by atoms with Crippen LogP contribution in [0.1, 0.15) is 24.5 Å². The summed E-state index contributed by atoms with van der Waals surface area (Å²) in [6.45, 7) is 6.83. The number of rotatable bonds is 2. The van der Waals surface area contributed by atoms with Crippen LogP contribution in [0.15, 0.2) is 35.9 Å². The first-order valence-corrected chi connectivity index (χ1v) is 6.99. The van der Waals surface area contributed by atoms with Crippen molar-refractivity contribution in [2.45, 2.75) is 32.4 Å². The summed E-state index contributed by atoms with van der Waals surface area (Å²) in [5.74, 6) is 0. The van der Waals surface area contributed by atoms with Gasteiger partial charge < -0.3 is 5.32 Å². The van der Waals surface area contributed by atoms with Gasteiger partial charge in [0.15, 0.2) is 0 Å². The van der Waals surface area contributed by atoms with E-state index in [1.807, 2.05) is 0 Å². The van der Waals surface area contributed by atoms with Crippen LogP contribution in [0.25, 0.3) is 0 Å². The van der Waals surface area contributed by atoms with Crippen LogP contribution >= 0.6 is 0 Å². The van der Waals surface area contributed by atoms with Crippen molar-refractivity contribution >= 4 is 0 Å². The maximum absolute atomic E-state index is 3.68. The van der Waals surface area contributed by atoms with E-state index >= 15 is 0 Å². The average molecular weight is 242 g/mol. The van der Waals surface area contributed by atoms with Gasteiger partial charge in [0, 0.05) is 32.2 Å². The van der Waals surface area contributed by atoms with Gasteiger partial charge in [-0.2, -0.15) is 0 Å². The Morgan fingerprint density at radius 1 is 1.28 bits per heavy atom. The summed E-state index contributed by atoms with van der Waals surface area (Å²) in [6, 6.07) is 9.44. The van der Waals surface area contributed by atoms with Crippen molar-refractivity contribution in [2.75, 3.05) is 19.6 Å². The molecule has 2 nitrogen and oxygen atoms in total. The Hall–Kier alpha value is -1.12. The second-order valence-electron chi connectivity index (χ2n) is 5.62. The van der Waals surface area contributed by atoms with Gasteiger partial charge in [0.1, 0.15) is 0 Å². The maximum Gasteiger partial charge on any atom is 0.0238 e. The lowest BCUT2D eigenvalue weighted by molar-refractivity contribution is 0.248. The first kappa shape index (κ1) is 11.9. The highest BCUT2D eigenvalue weighted by molar-refractivity contribution is 5.30. The predicted octanol–water partition coefficient (Wildman–Crippen LogP) is 2.35. The van der Waals surface area contributed by atoms with Gasteiger partial charge in [-0.25, -0.2) is 0 Å². The molecule has 2 heterocycles. The number of benzene rings is 1. The van der Waals surface area contributed by atoms with Crippen molar-refractivity contribution in [3.8, 4) is 0 Å². The van der Waals surface area contributed by atoms with Crippen LogP contribution in [-0.2, 0) is 13.0 Å². The van der Waals surface area contributed by atoms with Crippen LogP contribution in [-0.4, -0.2) is 30.6 Å². The van der Waals surface area contributed by atoms with E-state index in [-0.39, 0.29) is 0 Å². The van der Waals surface area contributed by atoms with E-state index in [1.165, 1.54) is 42.6 Å². The molecule has 1 aromatic rings. The average Bonchev–Trinajstić information content (AvgIpc) is 2.39. The standard InChI is InChI=1S/C16H22N2/c1-13-5-4-8-18(11-13)12-16-9-14-6-2-3-7-15(14)10-17-16/h2-3,5-7,16-17H,4,8-12H2,1H3. The fourth-order valence-electron chi connectivity index (χ4n) is 3.11. The van der Waals surface area contributed by atoms with E-state index in [4.69, 9.17) is 0 Å². The van der Waals surface area contributed by atoms with Crippen molar-refractivity contribution in [3.05, 3.63) is 47.0 Å². The van der Waals surface area contributed by atoms with Gasteiger partial charge in [-0.1, -0.05) is 35.9 Å². The SMILES string of the molecule is CC1=CCCN(CC2Cc3ccccc3CN2)C1. The Morgan fingerprint density at radius 3 is 2.94 bits per heavy atom. The van der Waals surface area contributed by atoms with Crippen LogP contribution in [0.4, 0.5) is 0 Å². The molecule has 1 atom stereocenters. The van der Waals surface area contributed by atoms with Gasteiger partial charge in [-0.3, -0.25) is 4.90 Å². The number of hydrogen-bond donors (Lipinski definition) is 1. The fourth-order valence-corrected chi connectivity index (χ4v) is 3.11. The molecule has 0 aromatic heterocycles. The number of hydrogen-bond acceptors (Lipinski definition) is 2. The third-order valence-corrected chi connectivity index (χ3v) is 4.06.